The molecule has 2 saturated heterocycles. The lowest BCUT2D eigenvalue weighted by Crippen LogP contribution is -2.65. The maximum atomic E-state index is 12.1. The number of halogens is 3. The molecule has 8 heteroatoms. The Labute approximate surface area is 94.6 Å². The predicted octanol–water partition coefficient (Wildman–Crippen LogP) is -0.319. The molecule has 96 valence electrons. The van der Waals surface area contributed by atoms with Crippen LogP contribution in [0.3, 0.4) is 0 Å². The lowest BCUT2D eigenvalue weighted by atomic mass is 9.71. The van der Waals surface area contributed by atoms with Crippen molar-refractivity contribution < 1.29 is 27.9 Å². The Balaban J connectivity index is 2.02. The molecule has 0 bridgehead atoms. The summed E-state index contributed by atoms with van der Waals surface area (Å²) in [5, 5.41) is 11.8. The van der Waals surface area contributed by atoms with Crippen LogP contribution in [0.2, 0.25) is 0 Å². The van der Waals surface area contributed by atoms with E-state index in [9.17, 15) is 22.8 Å². The van der Waals surface area contributed by atoms with E-state index in [1.54, 1.807) is 0 Å². The fourth-order valence-corrected chi connectivity index (χ4v) is 2.52. The Morgan fingerprint density at radius 3 is 2.41 bits per heavy atom. The quantitative estimate of drug-likeness (QED) is 0.671. The van der Waals surface area contributed by atoms with Gasteiger partial charge in [0, 0.05) is 31.6 Å². The van der Waals surface area contributed by atoms with Crippen LogP contribution in [0.5, 0.6) is 0 Å². The van der Waals surface area contributed by atoms with Crippen molar-refractivity contribution >= 4 is 11.9 Å². The number of nitrogens with zero attached hydrogens (tertiary/aromatic N) is 1. The fourth-order valence-electron chi connectivity index (χ4n) is 2.52. The first-order valence-corrected chi connectivity index (χ1v) is 5.06. The largest absolute Gasteiger partial charge is 0.481 e. The number of rotatable bonds is 1. The topological polar surface area (TPSA) is 69.6 Å². The van der Waals surface area contributed by atoms with E-state index in [-0.39, 0.29) is 19.6 Å². The van der Waals surface area contributed by atoms with Gasteiger partial charge < -0.3 is 15.3 Å². The third-order valence-corrected chi connectivity index (χ3v) is 3.40. The van der Waals surface area contributed by atoms with Crippen LogP contribution in [-0.2, 0) is 9.59 Å². The van der Waals surface area contributed by atoms with E-state index in [1.807, 2.05) is 0 Å². The van der Waals surface area contributed by atoms with Crippen molar-refractivity contribution in [3.63, 3.8) is 0 Å². The van der Waals surface area contributed by atoms with Gasteiger partial charge in [-0.25, -0.2) is 0 Å². The average Bonchev–Trinajstić information content (AvgIpc) is 2.56. The van der Waals surface area contributed by atoms with Crippen LogP contribution in [0.4, 0.5) is 13.2 Å². The zero-order chi connectivity index (χ0) is 12.8. The Hall–Kier alpha value is -1.31. The predicted molar refractivity (Wildman–Crippen MR) is 49.1 cm³/mol. The molecule has 0 aromatic rings. The number of nitrogens with one attached hydrogen (secondary N) is 1. The van der Waals surface area contributed by atoms with Gasteiger partial charge in [-0.3, -0.25) is 9.59 Å². The van der Waals surface area contributed by atoms with Crippen LogP contribution in [0, 0.1) is 11.3 Å². The van der Waals surface area contributed by atoms with E-state index in [1.165, 1.54) is 0 Å². The van der Waals surface area contributed by atoms with E-state index < -0.39 is 29.4 Å². The first kappa shape index (κ1) is 12.2. The lowest BCUT2D eigenvalue weighted by Gasteiger charge is -2.49. The molecule has 5 nitrogen and oxygen atoms in total. The summed E-state index contributed by atoms with van der Waals surface area (Å²) in [7, 11) is 0. The molecule has 2 fully saturated rings. The number of aliphatic carboxylic acids is 1. The zero-order valence-electron chi connectivity index (χ0n) is 8.75. The molecule has 2 N–H and O–H groups in total. The van der Waals surface area contributed by atoms with Gasteiger partial charge >= 0.3 is 18.1 Å². The maximum absolute atomic E-state index is 12.1. The number of alkyl halides is 3. The number of carboxylic acid groups (broad SMARTS) is 1. The minimum absolute atomic E-state index is 0.144. The highest BCUT2D eigenvalue weighted by Gasteiger charge is 2.59. The van der Waals surface area contributed by atoms with Crippen molar-refractivity contribution in [1.82, 2.24) is 10.2 Å². The Morgan fingerprint density at radius 1 is 1.35 bits per heavy atom. The van der Waals surface area contributed by atoms with Crippen LogP contribution < -0.4 is 5.32 Å². The summed E-state index contributed by atoms with van der Waals surface area (Å²) in [4.78, 5) is 22.5. The van der Waals surface area contributed by atoms with Crippen LogP contribution >= 0.6 is 0 Å². The summed E-state index contributed by atoms with van der Waals surface area (Å²) >= 11 is 0. The van der Waals surface area contributed by atoms with Crippen LogP contribution in [-0.4, -0.2) is 54.2 Å². The molecule has 2 aliphatic rings. The number of likely N-dealkylation sites (tertiary alicyclic amines) is 1. The van der Waals surface area contributed by atoms with Crippen molar-refractivity contribution in [3.8, 4) is 0 Å². The highest BCUT2D eigenvalue weighted by molar-refractivity contribution is 5.83. The van der Waals surface area contributed by atoms with Crippen LogP contribution in [0.15, 0.2) is 0 Å². The molecule has 1 amide bonds. The third kappa shape index (κ3) is 1.86. The standard InChI is InChI=1S/C9H11F3N2O3/c10-9(11,12)7(17)14-3-8(4-14)2-13-1-5(8)6(15)16/h5,13H,1-4H2,(H,15,16). The van der Waals surface area contributed by atoms with Gasteiger partial charge in [-0.15, -0.1) is 0 Å². The zero-order valence-corrected chi connectivity index (χ0v) is 8.75. The van der Waals surface area contributed by atoms with Gasteiger partial charge in [-0.05, 0) is 0 Å². The van der Waals surface area contributed by atoms with Crippen molar-refractivity contribution in [1.29, 1.82) is 0 Å². The number of carboxylic acids is 1. The normalized spacial score (nSPS) is 27.0. The number of hydrogen-bond acceptors (Lipinski definition) is 3. The first-order valence-electron chi connectivity index (χ1n) is 5.06. The third-order valence-electron chi connectivity index (χ3n) is 3.40. The highest BCUT2D eigenvalue weighted by atomic mass is 19.4. The van der Waals surface area contributed by atoms with Gasteiger partial charge in [0.25, 0.3) is 0 Å². The monoisotopic (exact) mass is 252 g/mol. The maximum Gasteiger partial charge on any atom is 0.471 e. The molecule has 0 aliphatic carbocycles. The molecule has 0 radical (unpaired) electrons. The fraction of sp³-hybridized carbons (Fsp3) is 0.778. The van der Waals surface area contributed by atoms with Gasteiger partial charge in [0.2, 0.25) is 0 Å². The summed E-state index contributed by atoms with van der Waals surface area (Å²) in [6, 6.07) is 0. The van der Waals surface area contributed by atoms with Gasteiger partial charge in [-0.2, -0.15) is 13.2 Å². The second-order valence-electron chi connectivity index (χ2n) is 4.54. The number of amides is 1. The molecule has 2 rings (SSSR count). The second kappa shape index (κ2) is 3.59. The smallest absolute Gasteiger partial charge is 0.471 e. The molecule has 1 atom stereocenters. The van der Waals surface area contributed by atoms with Gasteiger partial charge in [-0.1, -0.05) is 0 Å². The number of carbonyl (C=O) groups is 2. The average molecular weight is 252 g/mol. The van der Waals surface area contributed by atoms with E-state index in [2.05, 4.69) is 5.32 Å². The molecule has 1 unspecified atom stereocenters. The summed E-state index contributed by atoms with van der Waals surface area (Å²) in [6.45, 7) is 0.291. The molecular formula is C9H11F3N2O3. The Kier molecular flexibility index (Phi) is 2.57. The SMILES string of the molecule is O=C(O)C1CNCC12CN(C(=O)C(F)(F)F)C2. The van der Waals surface area contributed by atoms with Gasteiger partial charge in [0.05, 0.1) is 5.92 Å². The van der Waals surface area contributed by atoms with Gasteiger partial charge in [0.1, 0.15) is 0 Å². The van der Waals surface area contributed by atoms with Crippen LogP contribution in [0.1, 0.15) is 0 Å². The van der Waals surface area contributed by atoms with Gasteiger partial charge in [0.15, 0.2) is 0 Å². The van der Waals surface area contributed by atoms with E-state index in [0.29, 0.717) is 11.4 Å². The molecule has 2 heterocycles. The van der Waals surface area contributed by atoms with E-state index in [4.69, 9.17) is 5.11 Å². The molecule has 2 aliphatic heterocycles. The molecular weight excluding hydrogens is 241 g/mol. The lowest BCUT2D eigenvalue weighted by molar-refractivity contribution is -0.198. The molecule has 0 aromatic heterocycles. The first-order chi connectivity index (χ1) is 7.76. The Bertz CT molecular complexity index is 363. The highest BCUT2D eigenvalue weighted by Crippen LogP contribution is 2.42. The van der Waals surface area contributed by atoms with E-state index >= 15 is 0 Å². The van der Waals surface area contributed by atoms with Crippen molar-refractivity contribution in [3.05, 3.63) is 0 Å². The molecule has 0 aromatic carbocycles. The van der Waals surface area contributed by atoms with Crippen molar-refractivity contribution in [2.24, 2.45) is 11.3 Å². The number of hydrogen-bond donors (Lipinski definition) is 2. The Morgan fingerprint density at radius 2 is 1.94 bits per heavy atom. The summed E-state index contributed by atoms with van der Waals surface area (Å²) in [6.07, 6.45) is -4.88. The summed E-state index contributed by atoms with van der Waals surface area (Å²) in [5.41, 5.74) is -0.729. The minimum atomic E-state index is -4.88. The molecule has 0 saturated carbocycles. The van der Waals surface area contributed by atoms with Crippen LogP contribution in [0.25, 0.3) is 0 Å². The second-order valence-corrected chi connectivity index (χ2v) is 4.54. The molecule has 17 heavy (non-hydrogen) atoms. The minimum Gasteiger partial charge on any atom is -0.481 e. The van der Waals surface area contributed by atoms with Crippen molar-refractivity contribution in [2.75, 3.05) is 26.2 Å². The number of carbonyl (C=O) groups excluding carboxylic acids is 1. The van der Waals surface area contributed by atoms with E-state index in [0.717, 1.165) is 0 Å². The molecule has 1 spiro atoms. The summed E-state index contributed by atoms with van der Waals surface area (Å²) in [5.74, 6) is -3.65. The van der Waals surface area contributed by atoms with Crippen molar-refractivity contribution in [2.45, 2.75) is 6.18 Å². The summed E-state index contributed by atoms with van der Waals surface area (Å²) < 4.78 is 36.4.